The maximum absolute atomic E-state index is 12.3. The standard InChI is InChI=1S/C21H22N2O3S/c1-15(20-5-4-12-25-20)23(3)21(24)11-8-17-6-9-19(10-7-17)26-13-18-14-27-16(2)22-18/h4-12,14-15H,13H2,1-3H3/b11-8+. The second kappa shape index (κ2) is 8.68. The van der Waals surface area contributed by atoms with E-state index in [1.54, 1.807) is 41.7 Å². The van der Waals surface area contributed by atoms with E-state index in [2.05, 4.69) is 4.98 Å². The lowest BCUT2D eigenvalue weighted by Crippen LogP contribution is -2.27. The normalized spacial score (nSPS) is 12.3. The fraction of sp³-hybridized carbons (Fsp3) is 0.238. The van der Waals surface area contributed by atoms with E-state index in [4.69, 9.17) is 9.15 Å². The topological polar surface area (TPSA) is 55.6 Å². The molecule has 6 heteroatoms. The predicted molar refractivity (Wildman–Crippen MR) is 107 cm³/mol. The van der Waals surface area contributed by atoms with Crippen LogP contribution in [-0.4, -0.2) is 22.8 Å². The number of hydrogen-bond acceptors (Lipinski definition) is 5. The number of amides is 1. The summed E-state index contributed by atoms with van der Waals surface area (Å²) in [6.45, 7) is 4.36. The van der Waals surface area contributed by atoms with Crippen LogP contribution >= 0.6 is 11.3 Å². The molecule has 140 valence electrons. The van der Waals surface area contributed by atoms with E-state index >= 15 is 0 Å². The number of carbonyl (C=O) groups is 1. The van der Waals surface area contributed by atoms with Crippen molar-refractivity contribution in [2.24, 2.45) is 0 Å². The number of aryl methyl sites for hydroxylation is 1. The van der Waals surface area contributed by atoms with Gasteiger partial charge in [-0.05, 0) is 49.8 Å². The van der Waals surface area contributed by atoms with E-state index in [0.717, 1.165) is 27.8 Å². The van der Waals surface area contributed by atoms with Crippen molar-refractivity contribution in [2.75, 3.05) is 7.05 Å². The van der Waals surface area contributed by atoms with Crippen molar-refractivity contribution in [1.29, 1.82) is 0 Å². The third-order valence-corrected chi connectivity index (χ3v) is 5.06. The van der Waals surface area contributed by atoms with Crippen LogP contribution in [0.1, 0.15) is 35.0 Å². The van der Waals surface area contributed by atoms with E-state index < -0.39 is 0 Å². The van der Waals surface area contributed by atoms with E-state index in [9.17, 15) is 4.79 Å². The van der Waals surface area contributed by atoms with Gasteiger partial charge in [-0.1, -0.05) is 12.1 Å². The van der Waals surface area contributed by atoms with Gasteiger partial charge < -0.3 is 14.1 Å². The SMILES string of the molecule is Cc1nc(COc2ccc(/C=C/C(=O)N(C)C(C)c3ccco3)cc2)cs1. The second-order valence-electron chi connectivity index (χ2n) is 6.19. The van der Waals surface area contributed by atoms with Crippen molar-refractivity contribution in [3.63, 3.8) is 0 Å². The predicted octanol–water partition coefficient (Wildman–Crippen LogP) is 4.86. The highest BCUT2D eigenvalue weighted by Gasteiger charge is 2.17. The molecule has 0 aliphatic rings. The number of benzene rings is 1. The summed E-state index contributed by atoms with van der Waals surface area (Å²) >= 11 is 1.61. The van der Waals surface area contributed by atoms with Crippen LogP contribution in [0.15, 0.2) is 58.5 Å². The van der Waals surface area contributed by atoms with Crippen molar-refractivity contribution >= 4 is 23.3 Å². The lowest BCUT2D eigenvalue weighted by molar-refractivity contribution is -0.126. The highest BCUT2D eigenvalue weighted by molar-refractivity contribution is 7.09. The molecule has 0 radical (unpaired) electrons. The third kappa shape index (κ3) is 5.08. The average Bonchev–Trinajstić information content (AvgIpc) is 3.36. The summed E-state index contributed by atoms with van der Waals surface area (Å²) in [6.07, 6.45) is 4.97. The smallest absolute Gasteiger partial charge is 0.246 e. The summed E-state index contributed by atoms with van der Waals surface area (Å²) in [7, 11) is 1.76. The highest BCUT2D eigenvalue weighted by atomic mass is 32.1. The Bertz CT molecular complexity index is 898. The van der Waals surface area contributed by atoms with Crippen LogP contribution in [0, 0.1) is 6.92 Å². The van der Waals surface area contributed by atoms with Crippen LogP contribution in [0.4, 0.5) is 0 Å². The third-order valence-electron chi connectivity index (χ3n) is 4.24. The molecule has 0 bridgehead atoms. The number of rotatable bonds is 7. The molecule has 27 heavy (non-hydrogen) atoms. The summed E-state index contributed by atoms with van der Waals surface area (Å²) in [4.78, 5) is 18.4. The monoisotopic (exact) mass is 382 g/mol. The first-order valence-electron chi connectivity index (χ1n) is 8.65. The lowest BCUT2D eigenvalue weighted by atomic mass is 10.2. The Morgan fingerprint density at radius 2 is 2.11 bits per heavy atom. The maximum atomic E-state index is 12.3. The first-order valence-corrected chi connectivity index (χ1v) is 9.53. The first kappa shape index (κ1) is 18.9. The van der Waals surface area contributed by atoms with Gasteiger partial charge in [0, 0.05) is 18.5 Å². The summed E-state index contributed by atoms with van der Waals surface area (Å²) in [5.41, 5.74) is 1.86. The number of ether oxygens (including phenoxy) is 1. The van der Waals surface area contributed by atoms with Crippen molar-refractivity contribution in [3.05, 3.63) is 76.1 Å². The molecule has 1 aromatic carbocycles. The Morgan fingerprint density at radius 3 is 2.74 bits per heavy atom. The molecule has 0 aliphatic carbocycles. The molecular formula is C21H22N2O3S. The van der Waals surface area contributed by atoms with Gasteiger partial charge in [-0.2, -0.15) is 0 Å². The molecule has 5 nitrogen and oxygen atoms in total. The van der Waals surface area contributed by atoms with Crippen LogP contribution < -0.4 is 4.74 Å². The Labute approximate surface area is 162 Å². The molecular weight excluding hydrogens is 360 g/mol. The van der Waals surface area contributed by atoms with Crippen LogP contribution in [-0.2, 0) is 11.4 Å². The number of aromatic nitrogens is 1. The minimum atomic E-state index is -0.123. The van der Waals surface area contributed by atoms with Crippen molar-refractivity contribution in [2.45, 2.75) is 26.5 Å². The summed E-state index contributed by atoms with van der Waals surface area (Å²) in [5.74, 6) is 1.45. The van der Waals surface area contributed by atoms with E-state index in [-0.39, 0.29) is 11.9 Å². The molecule has 0 saturated carbocycles. The van der Waals surface area contributed by atoms with E-state index in [1.165, 1.54) is 0 Å². The Balaban J connectivity index is 1.54. The minimum absolute atomic E-state index is 0.0851. The highest BCUT2D eigenvalue weighted by Crippen LogP contribution is 2.20. The van der Waals surface area contributed by atoms with Crippen molar-refractivity contribution in [1.82, 2.24) is 9.88 Å². The molecule has 3 rings (SSSR count). The number of carbonyl (C=O) groups excluding carboxylic acids is 1. The van der Waals surface area contributed by atoms with Crippen LogP contribution in [0.5, 0.6) is 5.75 Å². The quantitative estimate of drug-likeness (QED) is 0.548. The summed E-state index contributed by atoms with van der Waals surface area (Å²) in [5, 5.41) is 3.03. The second-order valence-corrected chi connectivity index (χ2v) is 7.25. The van der Waals surface area contributed by atoms with Crippen LogP contribution in [0.3, 0.4) is 0 Å². The number of nitrogens with zero attached hydrogens (tertiary/aromatic N) is 2. The first-order chi connectivity index (χ1) is 13.0. The van der Waals surface area contributed by atoms with E-state index in [0.29, 0.717) is 6.61 Å². The zero-order valence-electron chi connectivity index (χ0n) is 15.6. The van der Waals surface area contributed by atoms with Crippen molar-refractivity contribution in [3.8, 4) is 5.75 Å². The zero-order chi connectivity index (χ0) is 19.2. The number of hydrogen-bond donors (Lipinski definition) is 0. The largest absolute Gasteiger partial charge is 0.487 e. The molecule has 0 fully saturated rings. The molecule has 0 spiro atoms. The van der Waals surface area contributed by atoms with Gasteiger partial charge in [-0.25, -0.2) is 4.98 Å². The van der Waals surface area contributed by atoms with Gasteiger partial charge in [0.1, 0.15) is 18.1 Å². The lowest BCUT2D eigenvalue weighted by Gasteiger charge is -2.21. The van der Waals surface area contributed by atoms with Crippen LogP contribution in [0.25, 0.3) is 6.08 Å². The van der Waals surface area contributed by atoms with Gasteiger partial charge in [-0.15, -0.1) is 11.3 Å². The molecule has 1 unspecified atom stereocenters. The van der Waals surface area contributed by atoms with Gasteiger partial charge in [0.25, 0.3) is 0 Å². The number of thiazole rings is 1. The summed E-state index contributed by atoms with van der Waals surface area (Å²) < 4.78 is 11.1. The average molecular weight is 382 g/mol. The Kier molecular flexibility index (Phi) is 6.08. The minimum Gasteiger partial charge on any atom is -0.487 e. The molecule has 0 aliphatic heterocycles. The van der Waals surface area contributed by atoms with Gasteiger partial charge in [0.2, 0.25) is 5.91 Å². The Morgan fingerprint density at radius 1 is 1.33 bits per heavy atom. The molecule has 1 amide bonds. The molecule has 2 aromatic heterocycles. The molecule has 0 saturated heterocycles. The maximum Gasteiger partial charge on any atom is 0.246 e. The number of furan rings is 1. The molecule has 1 atom stereocenters. The summed E-state index contributed by atoms with van der Waals surface area (Å²) in [6, 6.07) is 11.2. The van der Waals surface area contributed by atoms with Crippen molar-refractivity contribution < 1.29 is 13.9 Å². The van der Waals surface area contributed by atoms with Gasteiger partial charge in [0.05, 0.1) is 23.0 Å². The van der Waals surface area contributed by atoms with Crippen LogP contribution in [0.2, 0.25) is 0 Å². The van der Waals surface area contributed by atoms with E-state index in [1.807, 2.05) is 55.6 Å². The van der Waals surface area contributed by atoms with Gasteiger partial charge in [-0.3, -0.25) is 4.79 Å². The molecule has 0 N–H and O–H groups in total. The fourth-order valence-corrected chi connectivity index (χ4v) is 3.10. The molecule has 3 aromatic rings. The molecule has 2 heterocycles. The number of likely N-dealkylation sites (N-methyl/N-ethyl adjacent to an activating group) is 1. The zero-order valence-corrected chi connectivity index (χ0v) is 16.4. The van der Waals surface area contributed by atoms with Gasteiger partial charge in [0.15, 0.2) is 0 Å². The Hall–Kier alpha value is -2.86. The fourth-order valence-electron chi connectivity index (χ4n) is 2.50. The van der Waals surface area contributed by atoms with Gasteiger partial charge >= 0.3 is 0 Å².